The molecule has 0 atom stereocenters. The molecule has 5 heteroatoms. The average molecular weight is 238 g/mol. The van der Waals surface area contributed by atoms with E-state index in [4.69, 9.17) is 5.73 Å². The van der Waals surface area contributed by atoms with Crippen LogP contribution in [0.3, 0.4) is 0 Å². The summed E-state index contributed by atoms with van der Waals surface area (Å²) in [6.07, 6.45) is 0.322. The van der Waals surface area contributed by atoms with Crippen LogP contribution in [-0.4, -0.2) is 12.5 Å². The normalized spacial score (nSPS) is 9.35. The highest BCUT2D eigenvalue weighted by Crippen LogP contribution is 2.15. The van der Waals surface area contributed by atoms with E-state index in [9.17, 15) is 13.6 Å². The molecule has 1 aromatic carbocycles. The van der Waals surface area contributed by atoms with Crippen molar-refractivity contribution in [1.29, 1.82) is 0 Å². The fourth-order valence-corrected chi connectivity index (χ4v) is 1.16. The van der Waals surface area contributed by atoms with Gasteiger partial charge >= 0.3 is 0 Å². The van der Waals surface area contributed by atoms with Gasteiger partial charge in [0.05, 0.1) is 5.56 Å². The molecule has 1 aromatic rings. The molecule has 3 N–H and O–H groups in total. The lowest BCUT2D eigenvalue weighted by molar-refractivity contribution is -0.118. The monoisotopic (exact) mass is 238 g/mol. The van der Waals surface area contributed by atoms with E-state index >= 15 is 0 Å². The highest BCUT2D eigenvalue weighted by molar-refractivity contribution is 5.72. The minimum Gasteiger partial charge on any atom is -0.399 e. The molecule has 17 heavy (non-hydrogen) atoms. The molecule has 0 aromatic heterocycles. The van der Waals surface area contributed by atoms with Crippen molar-refractivity contribution in [3.05, 3.63) is 29.3 Å². The van der Waals surface area contributed by atoms with Crippen LogP contribution in [0.1, 0.15) is 18.9 Å². The minimum absolute atomic E-state index is 0.0174. The molecular formula is C12H12F2N2O. The number of nitrogens with two attached hydrogens (primary N) is 1. The summed E-state index contributed by atoms with van der Waals surface area (Å²) in [5.41, 5.74) is 4.98. The molecule has 0 aliphatic rings. The van der Waals surface area contributed by atoms with E-state index in [1.54, 1.807) is 0 Å². The van der Waals surface area contributed by atoms with Gasteiger partial charge in [0, 0.05) is 25.6 Å². The first-order valence-corrected chi connectivity index (χ1v) is 4.98. The molecule has 0 heterocycles. The molecule has 0 saturated carbocycles. The van der Waals surface area contributed by atoms with Crippen molar-refractivity contribution in [1.82, 2.24) is 5.32 Å². The SMILES string of the molecule is CC(=O)NCCC#Cc1c(F)cc(N)cc1F. The van der Waals surface area contributed by atoms with Crippen LogP contribution in [0.25, 0.3) is 0 Å². The van der Waals surface area contributed by atoms with E-state index in [-0.39, 0.29) is 17.2 Å². The van der Waals surface area contributed by atoms with Crippen molar-refractivity contribution >= 4 is 11.6 Å². The zero-order chi connectivity index (χ0) is 12.8. The molecule has 1 amide bonds. The van der Waals surface area contributed by atoms with Crippen LogP contribution in [0.15, 0.2) is 12.1 Å². The van der Waals surface area contributed by atoms with Crippen LogP contribution in [0.5, 0.6) is 0 Å². The Hall–Kier alpha value is -2.09. The summed E-state index contributed by atoms with van der Waals surface area (Å²) >= 11 is 0. The Balaban J connectivity index is 2.69. The highest BCUT2D eigenvalue weighted by Gasteiger charge is 2.07. The molecule has 0 saturated heterocycles. The summed E-state index contributed by atoms with van der Waals surface area (Å²) in [4.78, 5) is 10.5. The van der Waals surface area contributed by atoms with Gasteiger partial charge in [-0.2, -0.15) is 0 Å². The second-order valence-electron chi connectivity index (χ2n) is 3.39. The topological polar surface area (TPSA) is 55.1 Å². The predicted octanol–water partition coefficient (Wildman–Crippen LogP) is 1.42. The number of hydrogen-bond acceptors (Lipinski definition) is 2. The van der Waals surface area contributed by atoms with E-state index in [0.717, 1.165) is 12.1 Å². The fraction of sp³-hybridized carbons (Fsp3) is 0.250. The first kappa shape index (κ1) is 13.0. The number of carbonyl (C=O) groups is 1. The number of halogens is 2. The molecule has 0 radical (unpaired) electrons. The summed E-state index contributed by atoms with van der Waals surface area (Å²) in [6, 6.07) is 2.03. The molecule has 3 nitrogen and oxygen atoms in total. The number of nitrogen functional groups attached to an aromatic ring is 1. The smallest absolute Gasteiger partial charge is 0.216 e. The van der Waals surface area contributed by atoms with Gasteiger partial charge in [-0.05, 0) is 12.1 Å². The first-order valence-electron chi connectivity index (χ1n) is 4.98. The minimum atomic E-state index is -0.783. The van der Waals surface area contributed by atoms with Gasteiger partial charge in [-0.3, -0.25) is 4.79 Å². The van der Waals surface area contributed by atoms with Gasteiger partial charge in [0.15, 0.2) is 0 Å². The van der Waals surface area contributed by atoms with Gasteiger partial charge < -0.3 is 11.1 Å². The number of amides is 1. The molecule has 1 rings (SSSR count). The first-order chi connectivity index (χ1) is 8.00. The van der Waals surface area contributed by atoms with E-state index < -0.39 is 11.6 Å². The average Bonchev–Trinajstić information content (AvgIpc) is 2.20. The van der Waals surface area contributed by atoms with Crippen LogP contribution >= 0.6 is 0 Å². The van der Waals surface area contributed by atoms with Crippen LogP contribution < -0.4 is 11.1 Å². The maximum atomic E-state index is 13.3. The predicted molar refractivity (Wildman–Crippen MR) is 60.9 cm³/mol. The van der Waals surface area contributed by atoms with E-state index in [2.05, 4.69) is 17.2 Å². The van der Waals surface area contributed by atoms with Crippen molar-refractivity contribution in [2.24, 2.45) is 0 Å². The van der Waals surface area contributed by atoms with E-state index in [1.165, 1.54) is 6.92 Å². The number of rotatable bonds is 2. The Morgan fingerprint density at radius 2 is 2.00 bits per heavy atom. The van der Waals surface area contributed by atoms with Gasteiger partial charge in [-0.25, -0.2) is 8.78 Å². The van der Waals surface area contributed by atoms with Gasteiger partial charge in [0.1, 0.15) is 11.6 Å². The molecule has 0 fully saturated rings. The van der Waals surface area contributed by atoms with Gasteiger partial charge in [-0.1, -0.05) is 11.8 Å². The molecule has 0 aliphatic carbocycles. The van der Waals surface area contributed by atoms with Gasteiger partial charge in [-0.15, -0.1) is 0 Å². The molecule has 0 spiro atoms. The quantitative estimate of drug-likeness (QED) is 0.465. The number of carbonyl (C=O) groups excluding carboxylic acids is 1. The number of hydrogen-bond donors (Lipinski definition) is 2. The van der Waals surface area contributed by atoms with Crippen molar-refractivity contribution in [2.75, 3.05) is 12.3 Å². The Kier molecular flexibility index (Phi) is 4.46. The van der Waals surface area contributed by atoms with Gasteiger partial charge in [0.25, 0.3) is 0 Å². The summed E-state index contributed by atoms with van der Waals surface area (Å²) in [6.45, 7) is 1.73. The maximum Gasteiger partial charge on any atom is 0.216 e. The second-order valence-corrected chi connectivity index (χ2v) is 3.39. The lowest BCUT2D eigenvalue weighted by Crippen LogP contribution is -2.20. The molecule has 0 aliphatic heterocycles. The molecular weight excluding hydrogens is 226 g/mol. The summed E-state index contributed by atoms with van der Waals surface area (Å²) in [5, 5.41) is 2.52. The molecule has 90 valence electrons. The Morgan fingerprint density at radius 3 is 2.53 bits per heavy atom. The molecule has 0 bridgehead atoms. The lowest BCUT2D eigenvalue weighted by atomic mass is 10.2. The van der Waals surface area contributed by atoms with Crippen molar-refractivity contribution < 1.29 is 13.6 Å². The third-order valence-corrected chi connectivity index (χ3v) is 1.90. The largest absolute Gasteiger partial charge is 0.399 e. The Bertz CT molecular complexity index is 466. The number of benzene rings is 1. The molecule has 0 unspecified atom stereocenters. The van der Waals surface area contributed by atoms with Gasteiger partial charge in [0.2, 0.25) is 5.91 Å². The highest BCUT2D eigenvalue weighted by atomic mass is 19.1. The van der Waals surface area contributed by atoms with Crippen LogP contribution in [0.2, 0.25) is 0 Å². The Labute approximate surface area is 98.0 Å². The second kappa shape index (κ2) is 5.85. The van der Waals surface area contributed by atoms with Crippen molar-refractivity contribution in [3.63, 3.8) is 0 Å². The van der Waals surface area contributed by atoms with E-state index in [1.807, 2.05) is 0 Å². The summed E-state index contributed by atoms with van der Waals surface area (Å²) in [7, 11) is 0. The Morgan fingerprint density at radius 1 is 1.41 bits per heavy atom. The van der Waals surface area contributed by atoms with E-state index in [0.29, 0.717) is 13.0 Å². The number of anilines is 1. The lowest BCUT2D eigenvalue weighted by Gasteiger charge is -1.99. The van der Waals surface area contributed by atoms with Crippen LogP contribution in [-0.2, 0) is 4.79 Å². The van der Waals surface area contributed by atoms with Crippen molar-refractivity contribution in [2.45, 2.75) is 13.3 Å². The third kappa shape index (κ3) is 4.11. The number of nitrogens with one attached hydrogen (secondary N) is 1. The van der Waals surface area contributed by atoms with Crippen LogP contribution in [0, 0.1) is 23.5 Å². The zero-order valence-electron chi connectivity index (χ0n) is 9.31. The van der Waals surface area contributed by atoms with Crippen LogP contribution in [0.4, 0.5) is 14.5 Å². The third-order valence-electron chi connectivity index (χ3n) is 1.90. The summed E-state index contributed by atoms with van der Waals surface area (Å²) < 4.78 is 26.5. The zero-order valence-corrected chi connectivity index (χ0v) is 9.31. The maximum absolute atomic E-state index is 13.3. The fourth-order valence-electron chi connectivity index (χ4n) is 1.16. The van der Waals surface area contributed by atoms with Crippen molar-refractivity contribution in [3.8, 4) is 11.8 Å². The summed E-state index contributed by atoms with van der Waals surface area (Å²) in [5.74, 6) is 3.21. The standard InChI is InChI=1S/C12H12F2N2O/c1-8(17)16-5-3-2-4-10-11(13)6-9(15)7-12(10)14/h6-7H,3,5,15H2,1H3,(H,16,17).